The van der Waals surface area contributed by atoms with Crippen LogP contribution in [-0.2, 0) is 33.7 Å². The Hall–Kier alpha value is -2.14. The fraction of sp³-hybridized carbons (Fsp3) is 0.727. The highest BCUT2D eigenvalue weighted by Crippen LogP contribution is 2.38. The first-order valence-electron chi connectivity index (χ1n) is 11.4. The molecular formula is C22H35N3O7. The predicted molar refractivity (Wildman–Crippen MR) is 117 cm³/mol. The average molecular weight is 454 g/mol. The molecule has 4 atom stereocenters. The highest BCUT2D eigenvalue weighted by molar-refractivity contribution is 5.88. The van der Waals surface area contributed by atoms with Crippen LogP contribution in [0.4, 0.5) is 0 Å². The van der Waals surface area contributed by atoms with Crippen molar-refractivity contribution in [1.82, 2.24) is 4.57 Å². The van der Waals surface area contributed by atoms with Gasteiger partial charge in [0.15, 0.2) is 18.0 Å². The number of hydrogen-bond donors (Lipinski definition) is 5. The van der Waals surface area contributed by atoms with Crippen molar-refractivity contribution >= 4 is 12.1 Å². The van der Waals surface area contributed by atoms with Crippen LogP contribution in [0.1, 0.15) is 56.1 Å². The first-order valence-corrected chi connectivity index (χ1v) is 11.4. The van der Waals surface area contributed by atoms with Gasteiger partial charge in [-0.2, -0.15) is 0 Å². The van der Waals surface area contributed by atoms with Gasteiger partial charge in [0.1, 0.15) is 18.3 Å². The van der Waals surface area contributed by atoms with E-state index in [-0.39, 0.29) is 24.8 Å². The molecule has 1 aliphatic heterocycles. The molecule has 32 heavy (non-hydrogen) atoms. The molecule has 3 rings (SSSR count). The van der Waals surface area contributed by atoms with Crippen molar-refractivity contribution in [3.05, 3.63) is 11.1 Å². The summed E-state index contributed by atoms with van der Waals surface area (Å²) < 4.78 is 12.9. The van der Waals surface area contributed by atoms with Gasteiger partial charge in [-0.1, -0.05) is 12.8 Å². The van der Waals surface area contributed by atoms with Crippen LogP contribution < -0.4 is 5.73 Å². The van der Waals surface area contributed by atoms with Gasteiger partial charge in [-0.15, -0.1) is 0 Å². The van der Waals surface area contributed by atoms with Gasteiger partial charge in [-0.05, 0) is 38.5 Å². The van der Waals surface area contributed by atoms with Crippen molar-refractivity contribution in [1.29, 1.82) is 0 Å². The van der Waals surface area contributed by atoms with Gasteiger partial charge in [-0.3, -0.25) is 14.4 Å². The van der Waals surface area contributed by atoms with E-state index in [2.05, 4.69) is 4.99 Å². The number of aliphatic hydroxyl groups excluding tert-OH is 2. The zero-order chi connectivity index (χ0) is 23.1. The van der Waals surface area contributed by atoms with Crippen molar-refractivity contribution in [2.75, 3.05) is 13.2 Å². The van der Waals surface area contributed by atoms with Crippen LogP contribution in [0.2, 0.25) is 0 Å². The maximum absolute atomic E-state index is 10.8. The van der Waals surface area contributed by atoms with Gasteiger partial charge in [0.2, 0.25) is 5.91 Å². The maximum Gasteiger partial charge on any atom is 0.222 e. The van der Waals surface area contributed by atoms with E-state index >= 15 is 0 Å². The van der Waals surface area contributed by atoms with Gasteiger partial charge in [0.05, 0.1) is 13.0 Å². The second-order valence-electron chi connectivity index (χ2n) is 8.45. The van der Waals surface area contributed by atoms with Crippen molar-refractivity contribution < 1.29 is 34.7 Å². The molecule has 2 aliphatic rings. The molecule has 10 heteroatoms. The summed E-state index contributed by atoms with van der Waals surface area (Å²) in [7, 11) is 0. The van der Waals surface area contributed by atoms with Crippen LogP contribution in [0.25, 0.3) is 0 Å². The minimum atomic E-state index is -1.04. The third kappa shape index (κ3) is 5.80. The number of unbranched alkanes of at least 4 members (excludes halogenated alkanes) is 3. The number of nitrogens with zero attached hydrogens (tertiary/aromatic N) is 2. The molecule has 0 spiro atoms. The number of ether oxygens (including phenoxy) is 2. The molecule has 0 radical (unpaired) electrons. The van der Waals surface area contributed by atoms with Crippen LogP contribution in [0.5, 0.6) is 11.8 Å². The molecule has 0 saturated carbocycles. The quantitative estimate of drug-likeness (QED) is 0.230. The fourth-order valence-electron chi connectivity index (χ4n) is 4.42. The van der Waals surface area contributed by atoms with Crippen molar-refractivity contribution in [2.24, 2.45) is 10.7 Å². The summed E-state index contributed by atoms with van der Waals surface area (Å²) in [6.45, 7) is 0.656. The molecular weight excluding hydrogens is 418 g/mol. The first-order chi connectivity index (χ1) is 15.4. The molecule has 1 fully saturated rings. The minimum absolute atomic E-state index is 0.0525. The number of primary amides is 1. The van der Waals surface area contributed by atoms with E-state index in [4.69, 9.17) is 15.2 Å². The van der Waals surface area contributed by atoms with E-state index in [9.17, 15) is 25.2 Å². The average Bonchev–Trinajstić information content (AvgIpc) is 3.21. The smallest absolute Gasteiger partial charge is 0.222 e. The van der Waals surface area contributed by atoms with E-state index < -0.39 is 30.4 Å². The van der Waals surface area contributed by atoms with Crippen molar-refractivity contribution in [2.45, 2.75) is 88.9 Å². The highest BCUT2D eigenvalue weighted by Gasteiger charge is 2.43. The molecule has 180 valence electrons. The monoisotopic (exact) mass is 453 g/mol. The lowest BCUT2D eigenvalue weighted by molar-refractivity contribution is -0.116. The lowest BCUT2D eigenvalue weighted by Crippen LogP contribution is -2.36. The number of carbonyl (C=O) groups is 1. The molecule has 6 N–H and O–H groups in total. The van der Waals surface area contributed by atoms with E-state index in [1.165, 1.54) is 6.21 Å². The minimum Gasteiger partial charge on any atom is -0.494 e. The number of carbonyl (C=O) groups excluding carboxylic acids is 1. The lowest BCUT2D eigenvalue weighted by Gasteiger charge is -2.19. The van der Waals surface area contributed by atoms with Gasteiger partial charge in [0, 0.05) is 30.5 Å². The molecule has 0 aromatic carbocycles. The first kappa shape index (κ1) is 24.5. The fourth-order valence-corrected chi connectivity index (χ4v) is 4.42. The third-order valence-electron chi connectivity index (χ3n) is 6.14. The molecule has 0 bridgehead atoms. The van der Waals surface area contributed by atoms with Gasteiger partial charge < -0.3 is 35.6 Å². The largest absolute Gasteiger partial charge is 0.494 e. The molecule has 2 heterocycles. The van der Waals surface area contributed by atoms with E-state index in [0.29, 0.717) is 13.2 Å². The van der Waals surface area contributed by atoms with Gasteiger partial charge >= 0.3 is 0 Å². The highest BCUT2D eigenvalue weighted by atomic mass is 16.6. The Balaban J connectivity index is 1.36. The summed E-state index contributed by atoms with van der Waals surface area (Å²) in [5.74, 6) is -0.118. The summed E-state index contributed by atoms with van der Waals surface area (Å²) in [6.07, 6.45) is 5.01. The second-order valence-corrected chi connectivity index (χ2v) is 8.45. The van der Waals surface area contributed by atoms with Crippen LogP contribution in [0.15, 0.2) is 4.99 Å². The number of fused-ring (bicyclic) bond motifs is 1. The standard InChI is InChI=1S/C22H35N3O7/c23-17(27)9-10-24-20-18(28)19(16(13-26)32-20)31-12-6-2-1-5-11-25-21(29)14-7-3-4-8-15(14)22(25)30/h10,16,18-20,26,28-30H,1-9,11-13H2,(H2,23,27). The summed E-state index contributed by atoms with van der Waals surface area (Å²) in [6, 6.07) is 0. The number of aromatic nitrogens is 1. The second kappa shape index (κ2) is 11.6. The Bertz CT molecular complexity index is 765. The molecule has 1 saturated heterocycles. The summed E-state index contributed by atoms with van der Waals surface area (Å²) in [4.78, 5) is 14.8. The van der Waals surface area contributed by atoms with Crippen LogP contribution in [0, 0.1) is 0 Å². The number of nitrogens with two attached hydrogens (primary N) is 1. The Kier molecular flexibility index (Phi) is 8.92. The van der Waals surface area contributed by atoms with E-state index in [1.54, 1.807) is 4.57 Å². The number of aliphatic imine (C=N–C) groups is 1. The number of aliphatic hydroxyl groups is 2. The molecule has 10 nitrogen and oxygen atoms in total. The normalized spacial score (nSPS) is 25.4. The Morgan fingerprint density at radius 3 is 2.44 bits per heavy atom. The Morgan fingerprint density at radius 1 is 1.16 bits per heavy atom. The number of amides is 1. The predicted octanol–water partition coefficient (Wildman–Crippen LogP) is 0.748. The molecule has 1 aliphatic carbocycles. The Morgan fingerprint density at radius 2 is 1.81 bits per heavy atom. The van der Waals surface area contributed by atoms with E-state index in [0.717, 1.165) is 62.5 Å². The van der Waals surface area contributed by atoms with Crippen LogP contribution in [-0.4, -0.2) is 74.9 Å². The van der Waals surface area contributed by atoms with Crippen LogP contribution >= 0.6 is 0 Å². The van der Waals surface area contributed by atoms with Crippen molar-refractivity contribution in [3.8, 4) is 11.8 Å². The maximum atomic E-state index is 10.8. The topological polar surface area (TPSA) is 160 Å². The van der Waals surface area contributed by atoms with Gasteiger partial charge in [0.25, 0.3) is 0 Å². The number of hydrogen-bond acceptors (Lipinski definition) is 8. The molecule has 1 aromatic heterocycles. The summed E-state index contributed by atoms with van der Waals surface area (Å²) >= 11 is 0. The molecule has 1 amide bonds. The SMILES string of the molecule is NC(=O)CC=NC1OC(CO)C(OCCCCCCn2c(O)c3c(c2O)CCCC3)C1O. The Labute approximate surface area is 187 Å². The molecule has 1 aromatic rings. The summed E-state index contributed by atoms with van der Waals surface area (Å²) in [5.41, 5.74) is 6.85. The third-order valence-corrected chi connectivity index (χ3v) is 6.14. The van der Waals surface area contributed by atoms with Gasteiger partial charge in [-0.25, -0.2) is 0 Å². The van der Waals surface area contributed by atoms with Crippen molar-refractivity contribution in [3.63, 3.8) is 0 Å². The summed E-state index contributed by atoms with van der Waals surface area (Å²) in [5, 5.41) is 40.6. The number of aromatic hydroxyl groups is 2. The zero-order valence-electron chi connectivity index (χ0n) is 18.4. The van der Waals surface area contributed by atoms with E-state index in [1.807, 2.05) is 0 Å². The van der Waals surface area contributed by atoms with Crippen LogP contribution in [0.3, 0.4) is 0 Å². The molecule has 4 unspecified atom stereocenters. The number of rotatable bonds is 12. The zero-order valence-corrected chi connectivity index (χ0v) is 18.4. The lowest BCUT2D eigenvalue weighted by atomic mass is 9.95.